The minimum absolute atomic E-state index is 0.572. The second-order valence-corrected chi connectivity index (χ2v) is 6.40. The summed E-state index contributed by atoms with van der Waals surface area (Å²) in [6.45, 7) is 4.60. The third-order valence-corrected chi connectivity index (χ3v) is 5.06. The van der Waals surface area contributed by atoms with Crippen LogP contribution < -0.4 is 5.46 Å². The standard InChI is InChI=1S/C17H27BO2/c1-3-4-14-5-7-15(8-6-14)13(2)16-9-11-17(12-10-16)18(19)20/h9-15,19-20H,3-8H2,1-2H3/t13?,14-,15-. The number of hydrogen-bond acceptors (Lipinski definition) is 2. The van der Waals surface area contributed by atoms with E-state index in [1.54, 1.807) is 0 Å². The molecule has 1 aromatic carbocycles. The third-order valence-electron chi connectivity index (χ3n) is 5.06. The fourth-order valence-electron chi connectivity index (χ4n) is 3.63. The fraction of sp³-hybridized carbons (Fsp3) is 0.647. The highest BCUT2D eigenvalue weighted by Crippen LogP contribution is 2.39. The minimum atomic E-state index is -1.36. The van der Waals surface area contributed by atoms with Gasteiger partial charge in [-0.25, -0.2) is 0 Å². The first-order chi connectivity index (χ1) is 9.61. The van der Waals surface area contributed by atoms with Crippen molar-refractivity contribution in [2.45, 2.75) is 58.3 Å². The van der Waals surface area contributed by atoms with E-state index in [1.165, 1.54) is 44.1 Å². The lowest BCUT2D eigenvalue weighted by Crippen LogP contribution is -2.29. The van der Waals surface area contributed by atoms with Gasteiger partial charge in [0.25, 0.3) is 0 Å². The first-order valence-electron chi connectivity index (χ1n) is 8.07. The zero-order chi connectivity index (χ0) is 14.5. The van der Waals surface area contributed by atoms with Crippen LogP contribution in [0.3, 0.4) is 0 Å². The van der Waals surface area contributed by atoms with Gasteiger partial charge in [0, 0.05) is 0 Å². The van der Waals surface area contributed by atoms with Gasteiger partial charge in [0.2, 0.25) is 0 Å². The molecule has 2 rings (SSSR count). The van der Waals surface area contributed by atoms with Crippen molar-refractivity contribution in [2.75, 3.05) is 0 Å². The molecule has 1 saturated carbocycles. The van der Waals surface area contributed by atoms with Crippen LogP contribution in [0.15, 0.2) is 24.3 Å². The largest absolute Gasteiger partial charge is 0.488 e. The third kappa shape index (κ3) is 3.86. The van der Waals surface area contributed by atoms with Crippen molar-refractivity contribution in [1.82, 2.24) is 0 Å². The second-order valence-electron chi connectivity index (χ2n) is 6.40. The summed E-state index contributed by atoms with van der Waals surface area (Å²) in [5, 5.41) is 18.3. The van der Waals surface area contributed by atoms with E-state index in [1.807, 2.05) is 12.1 Å². The number of benzene rings is 1. The molecule has 20 heavy (non-hydrogen) atoms. The van der Waals surface area contributed by atoms with E-state index >= 15 is 0 Å². The Balaban J connectivity index is 1.93. The molecule has 1 aliphatic rings. The molecule has 2 nitrogen and oxygen atoms in total. The van der Waals surface area contributed by atoms with E-state index in [0.29, 0.717) is 11.4 Å². The van der Waals surface area contributed by atoms with Crippen LogP contribution in [-0.4, -0.2) is 17.2 Å². The first kappa shape index (κ1) is 15.6. The van der Waals surface area contributed by atoms with E-state index in [-0.39, 0.29) is 0 Å². The Kier molecular flexibility index (Phi) is 5.68. The fourth-order valence-corrected chi connectivity index (χ4v) is 3.63. The van der Waals surface area contributed by atoms with Crippen molar-refractivity contribution in [3.8, 4) is 0 Å². The van der Waals surface area contributed by atoms with Gasteiger partial charge in [0.15, 0.2) is 0 Å². The highest BCUT2D eigenvalue weighted by molar-refractivity contribution is 6.58. The molecule has 0 radical (unpaired) electrons. The Bertz CT molecular complexity index is 394. The van der Waals surface area contributed by atoms with Crippen molar-refractivity contribution < 1.29 is 10.0 Å². The quantitative estimate of drug-likeness (QED) is 0.810. The molecule has 0 spiro atoms. The Hall–Kier alpha value is -0.795. The highest BCUT2D eigenvalue weighted by Gasteiger charge is 2.25. The van der Waals surface area contributed by atoms with E-state index in [9.17, 15) is 0 Å². The Labute approximate surface area is 123 Å². The molecule has 110 valence electrons. The maximum atomic E-state index is 9.14. The van der Waals surface area contributed by atoms with Crippen molar-refractivity contribution >= 4 is 12.6 Å². The van der Waals surface area contributed by atoms with Gasteiger partial charge in [0.05, 0.1) is 0 Å². The summed E-state index contributed by atoms with van der Waals surface area (Å²) in [6, 6.07) is 7.77. The summed E-state index contributed by atoms with van der Waals surface area (Å²) in [5.74, 6) is 2.31. The molecule has 1 aliphatic carbocycles. The predicted molar refractivity (Wildman–Crippen MR) is 85.0 cm³/mol. The van der Waals surface area contributed by atoms with Crippen LogP contribution in [-0.2, 0) is 0 Å². The Morgan fingerprint density at radius 2 is 1.70 bits per heavy atom. The summed E-state index contributed by atoms with van der Waals surface area (Å²) < 4.78 is 0. The minimum Gasteiger partial charge on any atom is -0.423 e. The molecule has 2 N–H and O–H groups in total. The van der Waals surface area contributed by atoms with Crippen molar-refractivity contribution in [2.24, 2.45) is 11.8 Å². The maximum Gasteiger partial charge on any atom is 0.488 e. The van der Waals surface area contributed by atoms with Gasteiger partial charge in [0.1, 0.15) is 0 Å². The topological polar surface area (TPSA) is 40.5 Å². The molecule has 0 heterocycles. The van der Waals surface area contributed by atoms with Crippen LogP contribution in [0.2, 0.25) is 0 Å². The first-order valence-corrected chi connectivity index (χ1v) is 8.07. The lowest BCUT2D eigenvalue weighted by atomic mass is 9.72. The van der Waals surface area contributed by atoms with Crippen LogP contribution in [0, 0.1) is 11.8 Å². The monoisotopic (exact) mass is 274 g/mol. The lowest BCUT2D eigenvalue weighted by Gasteiger charge is -2.32. The Morgan fingerprint density at radius 1 is 1.10 bits per heavy atom. The lowest BCUT2D eigenvalue weighted by molar-refractivity contribution is 0.239. The molecular formula is C17H27BO2. The maximum absolute atomic E-state index is 9.14. The van der Waals surface area contributed by atoms with Gasteiger partial charge in [-0.05, 0) is 41.6 Å². The zero-order valence-corrected chi connectivity index (χ0v) is 12.8. The average molecular weight is 274 g/mol. The summed E-state index contributed by atoms with van der Waals surface area (Å²) in [5.41, 5.74) is 1.90. The second kappa shape index (κ2) is 7.28. The Morgan fingerprint density at radius 3 is 2.20 bits per heavy atom. The zero-order valence-electron chi connectivity index (χ0n) is 12.8. The van der Waals surface area contributed by atoms with Crippen molar-refractivity contribution in [3.05, 3.63) is 29.8 Å². The molecule has 0 aromatic heterocycles. The summed E-state index contributed by atoms with van der Waals surface area (Å²) >= 11 is 0. The number of rotatable bonds is 5. The molecule has 0 bridgehead atoms. The summed E-state index contributed by atoms with van der Waals surface area (Å²) in [4.78, 5) is 0. The van der Waals surface area contributed by atoms with Gasteiger partial charge in [-0.1, -0.05) is 63.8 Å². The van der Waals surface area contributed by atoms with Crippen LogP contribution in [0.25, 0.3) is 0 Å². The average Bonchev–Trinajstić information content (AvgIpc) is 2.48. The van der Waals surface area contributed by atoms with Crippen molar-refractivity contribution in [3.63, 3.8) is 0 Å². The SMILES string of the molecule is CCC[C@H]1CC[C@H](C(C)c2ccc(B(O)O)cc2)CC1. The van der Waals surface area contributed by atoms with E-state index in [4.69, 9.17) is 10.0 Å². The van der Waals surface area contributed by atoms with Gasteiger partial charge in [-0.15, -0.1) is 0 Å². The van der Waals surface area contributed by atoms with Crippen LogP contribution >= 0.6 is 0 Å². The van der Waals surface area contributed by atoms with E-state index < -0.39 is 7.12 Å². The molecule has 0 aliphatic heterocycles. The van der Waals surface area contributed by atoms with Crippen LogP contribution in [0.5, 0.6) is 0 Å². The van der Waals surface area contributed by atoms with E-state index in [2.05, 4.69) is 26.0 Å². The van der Waals surface area contributed by atoms with Gasteiger partial charge in [-0.3, -0.25) is 0 Å². The van der Waals surface area contributed by atoms with Crippen LogP contribution in [0.1, 0.15) is 63.9 Å². The predicted octanol–water partition coefficient (Wildman–Crippen LogP) is 3.08. The van der Waals surface area contributed by atoms with E-state index in [0.717, 1.165) is 11.8 Å². The smallest absolute Gasteiger partial charge is 0.423 e. The molecule has 3 heteroatoms. The molecule has 1 unspecified atom stereocenters. The highest BCUT2D eigenvalue weighted by atomic mass is 16.4. The molecule has 1 fully saturated rings. The normalized spacial score (nSPS) is 24.4. The van der Waals surface area contributed by atoms with Gasteiger partial charge >= 0.3 is 7.12 Å². The molecule has 1 aromatic rings. The summed E-state index contributed by atoms with van der Waals surface area (Å²) in [7, 11) is -1.36. The van der Waals surface area contributed by atoms with Crippen molar-refractivity contribution in [1.29, 1.82) is 0 Å². The number of hydrogen-bond donors (Lipinski definition) is 2. The molecule has 1 atom stereocenters. The van der Waals surface area contributed by atoms with Gasteiger partial charge < -0.3 is 10.0 Å². The van der Waals surface area contributed by atoms with Gasteiger partial charge in [-0.2, -0.15) is 0 Å². The summed E-state index contributed by atoms with van der Waals surface area (Å²) in [6.07, 6.45) is 8.17. The van der Waals surface area contributed by atoms with Crippen LogP contribution in [0.4, 0.5) is 0 Å². The molecule has 0 saturated heterocycles. The molecular weight excluding hydrogens is 247 g/mol. The molecule has 0 amide bonds.